The van der Waals surface area contributed by atoms with E-state index in [0.717, 1.165) is 28.5 Å². The Hall–Kier alpha value is -2.63. The zero-order chi connectivity index (χ0) is 15.9. The molecule has 2 heterocycles. The van der Waals surface area contributed by atoms with Gasteiger partial charge in [0.15, 0.2) is 0 Å². The molecule has 0 bridgehead atoms. The number of carbonyl (C=O) groups excluding carboxylic acids is 1. The molecule has 1 aromatic heterocycles. The van der Waals surface area contributed by atoms with Crippen LogP contribution >= 0.6 is 0 Å². The Labute approximate surface area is 129 Å². The van der Waals surface area contributed by atoms with Crippen LogP contribution in [0.2, 0.25) is 0 Å². The van der Waals surface area contributed by atoms with Crippen molar-refractivity contribution in [1.29, 1.82) is 0 Å². The van der Waals surface area contributed by atoms with E-state index in [1.165, 1.54) is 0 Å². The summed E-state index contributed by atoms with van der Waals surface area (Å²) in [5.41, 5.74) is 3.52. The average molecular weight is 298 g/mol. The van der Waals surface area contributed by atoms with E-state index < -0.39 is 0 Å². The van der Waals surface area contributed by atoms with Gasteiger partial charge in [0.2, 0.25) is 5.91 Å². The molecule has 1 aromatic carbocycles. The zero-order valence-electron chi connectivity index (χ0n) is 13.1. The van der Waals surface area contributed by atoms with E-state index >= 15 is 0 Å². The molecule has 1 N–H and O–H groups in total. The van der Waals surface area contributed by atoms with Gasteiger partial charge in [0, 0.05) is 17.3 Å². The van der Waals surface area contributed by atoms with E-state index in [1.807, 2.05) is 43.9 Å². The highest BCUT2D eigenvalue weighted by molar-refractivity contribution is 6.03. The lowest BCUT2D eigenvalue weighted by Gasteiger charge is -2.31. The van der Waals surface area contributed by atoms with Crippen molar-refractivity contribution in [3.8, 4) is 5.75 Å². The van der Waals surface area contributed by atoms with Gasteiger partial charge in [-0.15, -0.1) is 0 Å². The van der Waals surface area contributed by atoms with Crippen LogP contribution < -0.4 is 15.0 Å². The van der Waals surface area contributed by atoms with Gasteiger partial charge in [0.1, 0.15) is 23.9 Å². The first kappa shape index (κ1) is 14.3. The van der Waals surface area contributed by atoms with Crippen LogP contribution in [0, 0.1) is 20.8 Å². The number of amides is 1. The molecule has 22 heavy (non-hydrogen) atoms. The fourth-order valence-electron chi connectivity index (χ4n) is 2.60. The number of nitrogens with zero attached hydrogens (tertiary/aromatic N) is 3. The third-order valence-corrected chi connectivity index (χ3v) is 3.80. The summed E-state index contributed by atoms with van der Waals surface area (Å²) < 4.78 is 5.22. The molecule has 114 valence electrons. The van der Waals surface area contributed by atoms with Crippen LogP contribution in [-0.4, -0.2) is 29.5 Å². The number of fused-ring (bicyclic) bond motifs is 1. The fraction of sp³-hybridized carbons (Fsp3) is 0.312. The zero-order valence-corrected chi connectivity index (χ0v) is 13.1. The highest BCUT2D eigenvalue weighted by Crippen LogP contribution is 2.37. The smallest absolute Gasteiger partial charge is 0.244 e. The molecular formula is C16H18N4O2. The van der Waals surface area contributed by atoms with Crippen molar-refractivity contribution < 1.29 is 9.53 Å². The maximum atomic E-state index is 12.1. The normalized spacial score (nSPS) is 13.6. The third-order valence-electron chi connectivity index (χ3n) is 3.80. The summed E-state index contributed by atoms with van der Waals surface area (Å²) in [6, 6.07) is 5.62. The van der Waals surface area contributed by atoms with Gasteiger partial charge in [-0.3, -0.25) is 4.79 Å². The molecular weight excluding hydrogens is 280 g/mol. The summed E-state index contributed by atoms with van der Waals surface area (Å²) >= 11 is 0. The van der Waals surface area contributed by atoms with Crippen molar-refractivity contribution in [3.63, 3.8) is 0 Å². The van der Waals surface area contributed by atoms with Crippen LogP contribution in [-0.2, 0) is 4.79 Å². The van der Waals surface area contributed by atoms with Crippen molar-refractivity contribution in [2.24, 2.45) is 0 Å². The lowest BCUT2D eigenvalue weighted by Crippen LogP contribution is -2.36. The molecule has 0 radical (unpaired) electrons. The van der Waals surface area contributed by atoms with Gasteiger partial charge in [0.25, 0.3) is 0 Å². The van der Waals surface area contributed by atoms with Crippen LogP contribution in [0.1, 0.15) is 17.1 Å². The molecule has 3 rings (SSSR count). The first-order chi connectivity index (χ1) is 10.5. The molecule has 1 amide bonds. The Morgan fingerprint density at radius 1 is 1.23 bits per heavy atom. The molecule has 0 unspecified atom stereocenters. The van der Waals surface area contributed by atoms with Gasteiger partial charge in [0.05, 0.1) is 18.5 Å². The second kappa shape index (κ2) is 5.29. The number of nitrogens with one attached hydrogen (secondary N) is 1. The summed E-state index contributed by atoms with van der Waals surface area (Å²) in [6.45, 7) is 6.01. The molecule has 1 aliphatic heterocycles. The third kappa shape index (κ3) is 2.36. The number of carbonyl (C=O) groups is 1. The number of anilines is 3. The Morgan fingerprint density at radius 3 is 2.73 bits per heavy atom. The van der Waals surface area contributed by atoms with Crippen LogP contribution in [0.3, 0.4) is 0 Å². The number of hydrogen-bond donors (Lipinski definition) is 1. The van der Waals surface area contributed by atoms with E-state index in [4.69, 9.17) is 4.74 Å². The van der Waals surface area contributed by atoms with Gasteiger partial charge >= 0.3 is 0 Å². The molecule has 0 saturated heterocycles. The number of aryl methyl sites for hydroxylation is 2. The molecule has 0 fully saturated rings. The Kier molecular flexibility index (Phi) is 3.44. The number of ether oxygens (including phenoxy) is 1. The predicted molar refractivity (Wildman–Crippen MR) is 84.9 cm³/mol. The predicted octanol–water partition coefficient (Wildman–Crippen LogP) is 2.50. The molecule has 1 aliphatic rings. The molecule has 6 nitrogen and oxygen atoms in total. The van der Waals surface area contributed by atoms with Crippen molar-refractivity contribution in [2.75, 3.05) is 23.9 Å². The second-order valence-corrected chi connectivity index (χ2v) is 5.32. The molecule has 0 atom stereocenters. The molecule has 6 heteroatoms. The SMILES string of the molecule is COc1ccc2c(c1)NC(=O)CN2c1nc(C)nc(C)c1C. The highest BCUT2D eigenvalue weighted by Gasteiger charge is 2.26. The van der Waals surface area contributed by atoms with E-state index in [-0.39, 0.29) is 12.5 Å². The molecule has 0 saturated carbocycles. The van der Waals surface area contributed by atoms with Crippen molar-refractivity contribution in [1.82, 2.24) is 9.97 Å². The average Bonchev–Trinajstić information content (AvgIpc) is 2.49. The first-order valence-corrected chi connectivity index (χ1v) is 7.07. The lowest BCUT2D eigenvalue weighted by molar-refractivity contribution is -0.115. The molecule has 0 aliphatic carbocycles. The highest BCUT2D eigenvalue weighted by atomic mass is 16.5. The number of aromatic nitrogens is 2. The van der Waals surface area contributed by atoms with Crippen molar-refractivity contribution in [3.05, 3.63) is 35.3 Å². The van der Waals surface area contributed by atoms with Gasteiger partial charge < -0.3 is 15.0 Å². The van der Waals surface area contributed by atoms with E-state index in [0.29, 0.717) is 11.6 Å². The van der Waals surface area contributed by atoms with E-state index in [2.05, 4.69) is 15.3 Å². The number of rotatable bonds is 2. The summed E-state index contributed by atoms with van der Waals surface area (Å²) in [7, 11) is 1.60. The van der Waals surface area contributed by atoms with E-state index in [1.54, 1.807) is 7.11 Å². The molecule has 0 spiro atoms. The minimum Gasteiger partial charge on any atom is -0.497 e. The van der Waals surface area contributed by atoms with Gasteiger partial charge in [-0.25, -0.2) is 9.97 Å². The number of methoxy groups -OCH3 is 1. The molecule has 2 aromatic rings. The largest absolute Gasteiger partial charge is 0.497 e. The minimum atomic E-state index is -0.0749. The van der Waals surface area contributed by atoms with E-state index in [9.17, 15) is 4.79 Å². The van der Waals surface area contributed by atoms with Crippen LogP contribution in [0.25, 0.3) is 0 Å². The monoisotopic (exact) mass is 298 g/mol. The Bertz CT molecular complexity index is 758. The summed E-state index contributed by atoms with van der Waals surface area (Å²) in [5, 5.41) is 2.88. The van der Waals surface area contributed by atoms with Crippen molar-refractivity contribution >= 4 is 23.1 Å². The summed E-state index contributed by atoms with van der Waals surface area (Å²) in [6.07, 6.45) is 0. The number of hydrogen-bond acceptors (Lipinski definition) is 5. The Balaban J connectivity index is 2.15. The van der Waals surface area contributed by atoms with Crippen LogP contribution in [0.5, 0.6) is 5.75 Å². The van der Waals surface area contributed by atoms with Crippen LogP contribution in [0.15, 0.2) is 18.2 Å². The van der Waals surface area contributed by atoms with Gasteiger partial charge in [-0.2, -0.15) is 0 Å². The number of benzene rings is 1. The quantitative estimate of drug-likeness (QED) is 0.922. The maximum absolute atomic E-state index is 12.1. The summed E-state index contributed by atoms with van der Waals surface area (Å²) in [5.74, 6) is 2.09. The summed E-state index contributed by atoms with van der Waals surface area (Å²) in [4.78, 5) is 22.9. The first-order valence-electron chi connectivity index (χ1n) is 7.07. The van der Waals surface area contributed by atoms with Gasteiger partial charge in [-0.05, 0) is 32.9 Å². The lowest BCUT2D eigenvalue weighted by atomic mass is 10.1. The van der Waals surface area contributed by atoms with Gasteiger partial charge in [-0.1, -0.05) is 0 Å². The maximum Gasteiger partial charge on any atom is 0.244 e. The Morgan fingerprint density at radius 2 is 2.00 bits per heavy atom. The topological polar surface area (TPSA) is 67.3 Å². The standard InChI is InChI=1S/C16H18N4O2/c1-9-10(2)17-11(3)18-16(9)20-8-15(21)19-13-7-12(22-4)5-6-14(13)20/h5-7H,8H2,1-4H3,(H,19,21). The van der Waals surface area contributed by atoms with Crippen molar-refractivity contribution in [2.45, 2.75) is 20.8 Å². The minimum absolute atomic E-state index is 0.0749. The van der Waals surface area contributed by atoms with Crippen LogP contribution in [0.4, 0.5) is 17.2 Å². The second-order valence-electron chi connectivity index (χ2n) is 5.32. The fourth-order valence-corrected chi connectivity index (χ4v) is 2.60.